The molecule has 2 rings (SSSR count). The van der Waals surface area contributed by atoms with E-state index >= 15 is 0 Å². The minimum atomic E-state index is 0.0323. The van der Waals surface area contributed by atoms with Crippen molar-refractivity contribution in [2.75, 3.05) is 37.4 Å². The molecular weight excluding hydrogens is 222 g/mol. The van der Waals surface area contributed by atoms with Crippen molar-refractivity contribution >= 4 is 11.9 Å². The molecule has 4 N–H and O–H groups in total. The number of aromatic nitrogens is 3. The maximum atomic E-state index is 8.53. The zero-order valence-electron chi connectivity index (χ0n) is 9.59. The summed E-state index contributed by atoms with van der Waals surface area (Å²) >= 11 is 0. The van der Waals surface area contributed by atoms with Gasteiger partial charge in [0.2, 0.25) is 11.9 Å². The van der Waals surface area contributed by atoms with Crippen LogP contribution in [0.5, 0.6) is 0 Å². The Hall–Kier alpha value is -1.47. The predicted molar refractivity (Wildman–Crippen MR) is 62.6 cm³/mol. The number of aliphatic hydroxyl groups is 1. The lowest BCUT2D eigenvalue weighted by Crippen LogP contribution is -2.15. The maximum absolute atomic E-state index is 8.53. The van der Waals surface area contributed by atoms with Crippen LogP contribution in [0.4, 0.5) is 11.9 Å². The quantitative estimate of drug-likeness (QED) is 0.563. The zero-order valence-corrected chi connectivity index (χ0v) is 9.59. The molecule has 1 saturated carbocycles. The van der Waals surface area contributed by atoms with Crippen LogP contribution in [-0.4, -0.2) is 46.4 Å². The standard InChI is InChI=1S/C10H17N5O2/c11-9-13-8(7-1-2-7)14-10(15-9)12-3-5-17-6-4-16/h7,16H,1-6H2,(H3,11,12,13,14,15). The monoisotopic (exact) mass is 239 g/mol. The van der Waals surface area contributed by atoms with Gasteiger partial charge in [-0.15, -0.1) is 0 Å². The third-order valence-electron chi connectivity index (χ3n) is 2.38. The minimum Gasteiger partial charge on any atom is -0.394 e. The Morgan fingerprint density at radius 1 is 1.29 bits per heavy atom. The molecule has 0 bridgehead atoms. The molecule has 1 fully saturated rings. The van der Waals surface area contributed by atoms with Gasteiger partial charge in [0, 0.05) is 12.5 Å². The molecule has 1 aliphatic carbocycles. The van der Waals surface area contributed by atoms with Crippen LogP contribution in [0, 0.1) is 0 Å². The number of nitrogens with zero attached hydrogens (tertiary/aromatic N) is 3. The molecule has 94 valence electrons. The van der Waals surface area contributed by atoms with E-state index in [2.05, 4.69) is 20.3 Å². The Balaban J connectivity index is 1.82. The van der Waals surface area contributed by atoms with Crippen LogP contribution >= 0.6 is 0 Å². The zero-order chi connectivity index (χ0) is 12.1. The molecule has 0 atom stereocenters. The summed E-state index contributed by atoms with van der Waals surface area (Å²) in [5.41, 5.74) is 5.61. The van der Waals surface area contributed by atoms with Gasteiger partial charge in [-0.05, 0) is 12.8 Å². The largest absolute Gasteiger partial charge is 0.394 e. The summed E-state index contributed by atoms with van der Waals surface area (Å²) in [6.45, 7) is 1.44. The highest BCUT2D eigenvalue weighted by Gasteiger charge is 2.27. The van der Waals surface area contributed by atoms with Crippen LogP contribution in [-0.2, 0) is 4.74 Å². The molecule has 1 aromatic rings. The van der Waals surface area contributed by atoms with Crippen molar-refractivity contribution in [3.8, 4) is 0 Å². The van der Waals surface area contributed by atoms with E-state index in [-0.39, 0.29) is 12.6 Å². The lowest BCUT2D eigenvalue weighted by Gasteiger charge is -2.07. The van der Waals surface area contributed by atoms with Crippen LogP contribution in [0.1, 0.15) is 24.6 Å². The molecule has 7 heteroatoms. The average molecular weight is 239 g/mol. The highest BCUT2D eigenvalue weighted by atomic mass is 16.5. The van der Waals surface area contributed by atoms with Gasteiger partial charge in [0.05, 0.1) is 19.8 Å². The summed E-state index contributed by atoms with van der Waals surface area (Å²) in [7, 11) is 0. The Kier molecular flexibility index (Phi) is 4.05. The van der Waals surface area contributed by atoms with E-state index in [1.54, 1.807) is 0 Å². The van der Waals surface area contributed by atoms with Gasteiger partial charge >= 0.3 is 0 Å². The van der Waals surface area contributed by atoms with Crippen molar-refractivity contribution in [2.45, 2.75) is 18.8 Å². The molecule has 0 saturated heterocycles. The number of anilines is 2. The van der Waals surface area contributed by atoms with Crippen molar-refractivity contribution in [2.24, 2.45) is 0 Å². The summed E-state index contributed by atoms with van der Waals surface area (Å²) in [6, 6.07) is 0. The molecule has 0 unspecified atom stereocenters. The second-order valence-electron chi connectivity index (χ2n) is 3.91. The van der Waals surface area contributed by atoms with E-state index in [9.17, 15) is 0 Å². The fraction of sp³-hybridized carbons (Fsp3) is 0.700. The lowest BCUT2D eigenvalue weighted by atomic mass is 10.4. The maximum Gasteiger partial charge on any atom is 0.227 e. The average Bonchev–Trinajstić information content (AvgIpc) is 3.12. The molecular formula is C10H17N5O2. The fourth-order valence-corrected chi connectivity index (χ4v) is 1.41. The number of nitrogen functional groups attached to an aromatic ring is 1. The van der Waals surface area contributed by atoms with Gasteiger partial charge in [0.15, 0.2) is 0 Å². The van der Waals surface area contributed by atoms with Crippen molar-refractivity contribution in [1.82, 2.24) is 15.0 Å². The molecule has 17 heavy (non-hydrogen) atoms. The second kappa shape index (κ2) is 5.74. The van der Waals surface area contributed by atoms with Gasteiger partial charge in [-0.1, -0.05) is 0 Å². The number of nitrogens with one attached hydrogen (secondary N) is 1. The van der Waals surface area contributed by atoms with E-state index in [0.717, 1.165) is 18.7 Å². The molecule has 0 amide bonds. The summed E-state index contributed by atoms with van der Waals surface area (Å²) in [6.07, 6.45) is 2.25. The number of ether oxygens (including phenoxy) is 1. The van der Waals surface area contributed by atoms with Crippen molar-refractivity contribution in [1.29, 1.82) is 0 Å². The Bertz CT molecular complexity index is 370. The molecule has 7 nitrogen and oxygen atoms in total. The first-order chi connectivity index (χ1) is 8.29. The minimum absolute atomic E-state index is 0.0323. The van der Waals surface area contributed by atoms with Gasteiger partial charge in [0.25, 0.3) is 0 Å². The van der Waals surface area contributed by atoms with Crippen LogP contribution in [0.25, 0.3) is 0 Å². The second-order valence-corrected chi connectivity index (χ2v) is 3.91. The van der Waals surface area contributed by atoms with Gasteiger partial charge in [-0.25, -0.2) is 0 Å². The lowest BCUT2D eigenvalue weighted by molar-refractivity contribution is 0.0991. The van der Waals surface area contributed by atoms with Gasteiger partial charge in [-0.3, -0.25) is 0 Å². The number of nitrogens with two attached hydrogens (primary N) is 1. The highest BCUT2D eigenvalue weighted by Crippen LogP contribution is 2.38. The van der Waals surface area contributed by atoms with Crippen LogP contribution < -0.4 is 11.1 Å². The number of hydrogen-bond donors (Lipinski definition) is 3. The Morgan fingerprint density at radius 2 is 2.12 bits per heavy atom. The molecule has 0 radical (unpaired) electrons. The topological polar surface area (TPSA) is 106 Å². The van der Waals surface area contributed by atoms with E-state index < -0.39 is 0 Å². The fourth-order valence-electron chi connectivity index (χ4n) is 1.41. The van der Waals surface area contributed by atoms with Gasteiger partial charge in [-0.2, -0.15) is 15.0 Å². The third-order valence-corrected chi connectivity index (χ3v) is 2.38. The summed E-state index contributed by atoms with van der Waals surface area (Å²) in [5, 5.41) is 11.5. The molecule has 1 heterocycles. The number of rotatable bonds is 7. The molecule has 1 aromatic heterocycles. The van der Waals surface area contributed by atoms with E-state index in [1.807, 2.05) is 0 Å². The van der Waals surface area contributed by atoms with Gasteiger partial charge < -0.3 is 20.9 Å². The first-order valence-corrected chi connectivity index (χ1v) is 5.73. The number of aliphatic hydroxyl groups excluding tert-OH is 1. The van der Waals surface area contributed by atoms with E-state index in [1.165, 1.54) is 0 Å². The summed E-state index contributed by atoms with van der Waals surface area (Å²) in [5.74, 6) is 1.97. The normalized spacial score (nSPS) is 14.9. The summed E-state index contributed by atoms with van der Waals surface area (Å²) < 4.78 is 5.11. The van der Waals surface area contributed by atoms with Crippen LogP contribution in [0.2, 0.25) is 0 Å². The van der Waals surface area contributed by atoms with Crippen molar-refractivity contribution in [3.63, 3.8) is 0 Å². The van der Waals surface area contributed by atoms with E-state index in [4.69, 9.17) is 15.6 Å². The van der Waals surface area contributed by atoms with Crippen LogP contribution in [0.15, 0.2) is 0 Å². The van der Waals surface area contributed by atoms with Crippen molar-refractivity contribution < 1.29 is 9.84 Å². The van der Waals surface area contributed by atoms with Gasteiger partial charge in [0.1, 0.15) is 5.82 Å². The molecule has 1 aliphatic rings. The smallest absolute Gasteiger partial charge is 0.227 e. The highest BCUT2D eigenvalue weighted by molar-refractivity contribution is 5.32. The van der Waals surface area contributed by atoms with Crippen molar-refractivity contribution in [3.05, 3.63) is 5.82 Å². The molecule has 0 aliphatic heterocycles. The first kappa shape index (κ1) is 12.0. The third kappa shape index (κ3) is 3.79. The number of hydrogen-bond acceptors (Lipinski definition) is 7. The Labute approximate surface area is 99.4 Å². The SMILES string of the molecule is Nc1nc(NCCOCCO)nc(C2CC2)n1. The van der Waals surface area contributed by atoms with Crippen LogP contribution in [0.3, 0.4) is 0 Å². The molecule has 0 aromatic carbocycles. The summed E-state index contributed by atoms with van der Waals surface area (Å²) in [4.78, 5) is 12.4. The predicted octanol–water partition coefficient (Wildman–Crippen LogP) is -0.248. The molecule has 0 spiro atoms. The van der Waals surface area contributed by atoms with E-state index in [0.29, 0.717) is 31.6 Å². The Morgan fingerprint density at radius 3 is 2.82 bits per heavy atom. The first-order valence-electron chi connectivity index (χ1n) is 5.73.